The molecule has 40 heavy (non-hydrogen) atoms. The minimum atomic E-state index is -1.39. The minimum Gasteiger partial charge on any atom is -0.455 e. The van der Waals surface area contributed by atoms with E-state index in [1.54, 1.807) is 5.19 Å². The summed E-state index contributed by atoms with van der Waals surface area (Å²) in [6, 6.07) is 41.4. The lowest BCUT2D eigenvalue weighted by Crippen LogP contribution is -2.45. The average molecular weight is 536 g/mol. The molecule has 0 radical (unpaired) electrons. The Balaban J connectivity index is 1.33. The largest absolute Gasteiger partial charge is 0.455 e. The second-order valence-corrected chi connectivity index (χ2v) is 16.2. The van der Waals surface area contributed by atoms with Crippen molar-refractivity contribution < 1.29 is 4.42 Å². The molecule has 196 valence electrons. The normalized spacial score (nSPS) is 12.2. The van der Waals surface area contributed by atoms with Gasteiger partial charge in [0, 0.05) is 22.5 Å². The van der Waals surface area contributed by atoms with Gasteiger partial charge in [-0.05, 0) is 63.0 Å². The van der Waals surface area contributed by atoms with Gasteiger partial charge in [-0.2, -0.15) is 0 Å². The topological polar surface area (TPSA) is 26.0 Å². The number of hydrogen-bond donors (Lipinski definition) is 0. The average Bonchev–Trinajstić information content (AvgIpc) is 3.39. The third kappa shape index (κ3) is 3.88. The van der Waals surface area contributed by atoms with Crippen LogP contribution in [0.1, 0.15) is 20.8 Å². The van der Waals surface area contributed by atoms with Gasteiger partial charge in [0.15, 0.2) is 0 Å². The molecule has 2 heterocycles. The van der Waals surface area contributed by atoms with Gasteiger partial charge in [0.05, 0.1) is 13.8 Å². The number of fused-ring (bicyclic) bond motifs is 6. The van der Waals surface area contributed by atoms with Crippen LogP contribution in [-0.4, -0.2) is 13.1 Å². The fraction of sp³-hybridized carbons (Fsp3) is 0.162. The lowest BCUT2D eigenvalue weighted by molar-refractivity contribution is 0.670. The van der Waals surface area contributed by atoms with Crippen LogP contribution < -0.4 is 5.19 Å². The third-order valence-electron chi connectivity index (χ3n) is 9.26. The molecule has 0 amide bonds. The molecule has 7 aromatic rings. The zero-order chi connectivity index (χ0) is 27.3. The highest BCUT2D eigenvalue weighted by atomic mass is 28.3. The van der Waals surface area contributed by atoms with Gasteiger partial charge in [0.2, 0.25) is 0 Å². The van der Waals surface area contributed by atoms with Crippen molar-refractivity contribution in [3.8, 4) is 22.4 Å². The molecule has 2 aromatic heterocycles. The van der Waals surface area contributed by atoms with E-state index in [4.69, 9.17) is 9.40 Å². The number of para-hydroxylation sites is 1. The van der Waals surface area contributed by atoms with E-state index in [1.165, 1.54) is 50.8 Å². The molecule has 0 unspecified atom stereocenters. The molecular weight excluding hydrogens is 502 g/mol. The van der Waals surface area contributed by atoms with Crippen molar-refractivity contribution in [2.75, 3.05) is 0 Å². The van der Waals surface area contributed by atoms with Crippen LogP contribution in [0.15, 0.2) is 114 Å². The summed E-state index contributed by atoms with van der Waals surface area (Å²) in [5, 5.41) is 8.78. The lowest BCUT2D eigenvalue weighted by atomic mass is 9.99. The fourth-order valence-corrected chi connectivity index (χ4v) is 10.2. The molecule has 0 aliphatic heterocycles. The lowest BCUT2D eigenvalue weighted by Gasteiger charge is -2.28. The van der Waals surface area contributed by atoms with E-state index in [-0.39, 0.29) is 0 Å². The van der Waals surface area contributed by atoms with Crippen LogP contribution in [0.25, 0.3) is 65.9 Å². The number of pyridine rings is 1. The van der Waals surface area contributed by atoms with Gasteiger partial charge in [-0.25, -0.2) is 0 Å². The monoisotopic (exact) mass is 535 g/mol. The molecule has 0 bridgehead atoms. The second-order valence-electron chi connectivity index (χ2n) is 11.0. The molecule has 0 fully saturated rings. The van der Waals surface area contributed by atoms with Gasteiger partial charge in [-0.15, -0.1) is 0 Å². The number of hydrogen-bond acceptors (Lipinski definition) is 2. The molecule has 0 aliphatic carbocycles. The first-order valence-corrected chi connectivity index (χ1v) is 17.1. The molecular formula is C37H33NOSi. The molecule has 0 spiro atoms. The van der Waals surface area contributed by atoms with E-state index in [1.807, 2.05) is 6.20 Å². The van der Waals surface area contributed by atoms with Gasteiger partial charge in [-0.1, -0.05) is 117 Å². The SMILES string of the molecule is CC[Si](CC)(CC)c1ccc(-c2ccnc(-c3cccc4c3oc3cc5c(ccc6ccccc65)cc34)c2)cc1. The standard InChI is InChI=1S/C37H33NOSi/c1-4-40(5-2,6-3)29-18-16-25(17-19-29)27-20-21-38-35(23-27)32-13-9-12-31-34-22-28-15-14-26-10-7-8-11-30(26)33(28)24-36(34)39-37(31)32/h7-24H,4-6H2,1-3H3. The Kier molecular flexibility index (Phi) is 6.05. The summed E-state index contributed by atoms with van der Waals surface area (Å²) in [7, 11) is -1.39. The van der Waals surface area contributed by atoms with Gasteiger partial charge in [-0.3, -0.25) is 4.98 Å². The van der Waals surface area contributed by atoms with Crippen molar-refractivity contribution >= 4 is 56.7 Å². The third-order valence-corrected chi connectivity index (χ3v) is 14.9. The predicted octanol–water partition coefficient (Wildman–Crippen LogP) is 10.3. The second kappa shape index (κ2) is 9.76. The molecule has 7 rings (SSSR count). The number of furan rings is 1. The highest BCUT2D eigenvalue weighted by Crippen LogP contribution is 2.39. The molecule has 0 atom stereocenters. The first-order chi connectivity index (χ1) is 19.6. The minimum absolute atomic E-state index is 0.890. The van der Waals surface area contributed by atoms with Crippen molar-refractivity contribution in [1.29, 1.82) is 0 Å². The maximum atomic E-state index is 6.60. The van der Waals surface area contributed by atoms with Crippen LogP contribution in [0.2, 0.25) is 18.1 Å². The van der Waals surface area contributed by atoms with Crippen LogP contribution in [0.5, 0.6) is 0 Å². The number of rotatable bonds is 6. The van der Waals surface area contributed by atoms with Crippen molar-refractivity contribution in [2.24, 2.45) is 0 Å². The summed E-state index contributed by atoms with van der Waals surface area (Å²) < 4.78 is 6.60. The summed E-state index contributed by atoms with van der Waals surface area (Å²) in [6.07, 6.45) is 1.92. The van der Waals surface area contributed by atoms with Crippen molar-refractivity contribution in [1.82, 2.24) is 4.98 Å². The molecule has 5 aromatic carbocycles. The van der Waals surface area contributed by atoms with E-state index < -0.39 is 8.07 Å². The summed E-state index contributed by atoms with van der Waals surface area (Å²) in [4.78, 5) is 4.79. The smallest absolute Gasteiger partial charge is 0.144 e. The first-order valence-electron chi connectivity index (χ1n) is 14.5. The number of benzene rings is 5. The Morgan fingerprint density at radius 2 is 1.35 bits per heavy atom. The number of nitrogens with zero attached hydrogens (tertiary/aromatic N) is 1. The van der Waals surface area contributed by atoms with E-state index in [0.717, 1.165) is 33.2 Å². The van der Waals surface area contributed by atoms with Crippen LogP contribution in [-0.2, 0) is 0 Å². The highest BCUT2D eigenvalue weighted by molar-refractivity contribution is 6.91. The Hall–Kier alpha value is -4.21. The van der Waals surface area contributed by atoms with Gasteiger partial charge in [0.25, 0.3) is 0 Å². The maximum absolute atomic E-state index is 6.60. The highest BCUT2D eigenvalue weighted by Gasteiger charge is 2.28. The fourth-order valence-electron chi connectivity index (χ4n) is 6.64. The molecule has 2 nitrogen and oxygen atoms in total. The summed E-state index contributed by atoms with van der Waals surface area (Å²) in [6.45, 7) is 7.10. The quantitative estimate of drug-likeness (QED) is 0.156. The van der Waals surface area contributed by atoms with Crippen molar-refractivity contribution in [3.05, 3.63) is 109 Å². The summed E-state index contributed by atoms with van der Waals surface area (Å²) in [5.74, 6) is 0. The number of aromatic nitrogens is 1. The van der Waals surface area contributed by atoms with Crippen LogP contribution in [0, 0.1) is 0 Å². The molecule has 0 saturated carbocycles. The van der Waals surface area contributed by atoms with E-state index in [2.05, 4.69) is 124 Å². The Morgan fingerprint density at radius 1 is 0.600 bits per heavy atom. The van der Waals surface area contributed by atoms with Crippen LogP contribution in [0.3, 0.4) is 0 Å². The predicted molar refractivity (Wildman–Crippen MR) is 174 cm³/mol. The Morgan fingerprint density at radius 3 is 2.15 bits per heavy atom. The zero-order valence-electron chi connectivity index (χ0n) is 23.4. The first kappa shape index (κ1) is 24.8. The van der Waals surface area contributed by atoms with Crippen LogP contribution in [0.4, 0.5) is 0 Å². The van der Waals surface area contributed by atoms with Gasteiger partial charge >= 0.3 is 0 Å². The molecule has 0 aliphatic rings. The Labute approximate surface area is 236 Å². The van der Waals surface area contributed by atoms with E-state index in [9.17, 15) is 0 Å². The van der Waals surface area contributed by atoms with E-state index >= 15 is 0 Å². The maximum Gasteiger partial charge on any atom is 0.144 e. The van der Waals surface area contributed by atoms with Crippen molar-refractivity contribution in [2.45, 2.75) is 38.9 Å². The van der Waals surface area contributed by atoms with E-state index in [0.29, 0.717) is 0 Å². The molecule has 0 saturated heterocycles. The van der Waals surface area contributed by atoms with Crippen LogP contribution >= 0.6 is 0 Å². The molecule has 3 heteroatoms. The molecule has 0 N–H and O–H groups in total. The summed E-state index contributed by atoms with van der Waals surface area (Å²) >= 11 is 0. The Bertz CT molecular complexity index is 2010. The summed E-state index contributed by atoms with van der Waals surface area (Å²) in [5.41, 5.74) is 6.17. The van der Waals surface area contributed by atoms with Gasteiger partial charge < -0.3 is 4.42 Å². The zero-order valence-corrected chi connectivity index (χ0v) is 24.4. The van der Waals surface area contributed by atoms with Crippen molar-refractivity contribution in [3.63, 3.8) is 0 Å². The van der Waals surface area contributed by atoms with Gasteiger partial charge in [0.1, 0.15) is 11.2 Å².